The van der Waals surface area contributed by atoms with Crippen molar-refractivity contribution in [3.8, 4) is 5.82 Å². The maximum Gasteiger partial charge on any atom is 0.157 e. The Balaban J connectivity index is 1.37. The first kappa shape index (κ1) is 17.9. The molecule has 6 nitrogen and oxygen atoms in total. The number of benzene rings is 1. The highest BCUT2D eigenvalue weighted by molar-refractivity contribution is 6.17. The summed E-state index contributed by atoms with van der Waals surface area (Å²) >= 11 is 5.87. The summed E-state index contributed by atoms with van der Waals surface area (Å²) in [6.45, 7) is 6.82. The molecule has 3 aromatic rings. The first-order valence-corrected chi connectivity index (χ1v) is 9.71. The van der Waals surface area contributed by atoms with Gasteiger partial charge in [0.2, 0.25) is 0 Å². The van der Waals surface area contributed by atoms with Crippen molar-refractivity contribution < 1.29 is 0 Å². The number of aryl methyl sites for hydroxylation is 1. The molecule has 0 amide bonds. The number of alkyl halides is 1. The van der Waals surface area contributed by atoms with E-state index >= 15 is 0 Å². The Morgan fingerprint density at radius 3 is 2.30 bits per heavy atom. The SMILES string of the molecule is Cc1ncn(-c2cccc(N3CCN(Cc4ccc(CCl)cc4)CC3)n2)n1. The zero-order valence-corrected chi connectivity index (χ0v) is 16.2. The molecule has 0 aliphatic carbocycles. The molecule has 0 atom stereocenters. The highest BCUT2D eigenvalue weighted by Crippen LogP contribution is 2.17. The van der Waals surface area contributed by atoms with Gasteiger partial charge in [0, 0.05) is 38.6 Å². The second-order valence-electron chi connectivity index (χ2n) is 6.80. The molecule has 1 fully saturated rings. The van der Waals surface area contributed by atoms with E-state index in [9.17, 15) is 0 Å². The van der Waals surface area contributed by atoms with Crippen LogP contribution in [0, 0.1) is 6.92 Å². The Bertz CT molecular complexity index is 883. The van der Waals surface area contributed by atoms with Gasteiger partial charge in [-0.25, -0.2) is 14.6 Å². The lowest BCUT2D eigenvalue weighted by Gasteiger charge is -2.35. The van der Waals surface area contributed by atoms with Gasteiger partial charge in [-0.1, -0.05) is 30.3 Å². The molecule has 1 aliphatic heterocycles. The van der Waals surface area contributed by atoms with Crippen LogP contribution in [0.5, 0.6) is 0 Å². The number of piperazine rings is 1. The molecule has 27 heavy (non-hydrogen) atoms. The summed E-state index contributed by atoms with van der Waals surface area (Å²) in [5.74, 6) is 3.11. The molecular weight excluding hydrogens is 360 g/mol. The average molecular weight is 383 g/mol. The molecule has 140 valence electrons. The van der Waals surface area contributed by atoms with Crippen LogP contribution in [0.2, 0.25) is 0 Å². The maximum absolute atomic E-state index is 5.87. The Morgan fingerprint density at radius 2 is 1.63 bits per heavy atom. The van der Waals surface area contributed by atoms with E-state index in [-0.39, 0.29) is 0 Å². The van der Waals surface area contributed by atoms with E-state index in [1.54, 1.807) is 11.0 Å². The van der Waals surface area contributed by atoms with E-state index in [0.29, 0.717) is 5.88 Å². The fraction of sp³-hybridized carbons (Fsp3) is 0.350. The summed E-state index contributed by atoms with van der Waals surface area (Å²) in [4.78, 5) is 13.8. The lowest BCUT2D eigenvalue weighted by Crippen LogP contribution is -2.46. The van der Waals surface area contributed by atoms with Crippen LogP contribution in [0.1, 0.15) is 17.0 Å². The molecule has 7 heteroatoms. The predicted molar refractivity (Wildman–Crippen MR) is 107 cm³/mol. The van der Waals surface area contributed by atoms with Gasteiger partial charge in [-0.15, -0.1) is 11.6 Å². The van der Waals surface area contributed by atoms with Crippen molar-refractivity contribution >= 4 is 17.4 Å². The third-order valence-corrected chi connectivity index (χ3v) is 5.15. The normalized spacial score (nSPS) is 15.3. The summed E-state index contributed by atoms with van der Waals surface area (Å²) in [6.07, 6.45) is 1.70. The second kappa shape index (κ2) is 8.06. The molecule has 2 aromatic heterocycles. The van der Waals surface area contributed by atoms with Gasteiger partial charge in [0.15, 0.2) is 5.82 Å². The summed E-state index contributed by atoms with van der Waals surface area (Å²) in [7, 11) is 0. The molecule has 0 spiro atoms. The molecule has 1 saturated heterocycles. The van der Waals surface area contributed by atoms with Crippen LogP contribution in [0.3, 0.4) is 0 Å². The molecule has 3 heterocycles. The first-order valence-electron chi connectivity index (χ1n) is 9.18. The minimum Gasteiger partial charge on any atom is -0.354 e. The van der Waals surface area contributed by atoms with Gasteiger partial charge in [-0.3, -0.25) is 4.90 Å². The molecule has 0 bridgehead atoms. The van der Waals surface area contributed by atoms with Crippen molar-refractivity contribution in [2.24, 2.45) is 0 Å². The van der Waals surface area contributed by atoms with Crippen LogP contribution in [0.4, 0.5) is 5.82 Å². The molecule has 0 unspecified atom stereocenters. The van der Waals surface area contributed by atoms with Crippen LogP contribution >= 0.6 is 11.6 Å². The first-order chi connectivity index (χ1) is 13.2. The molecule has 0 saturated carbocycles. The minimum atomic E-state index is 0.569. The zero-order chi connectivity index (χ0) is 18.6. The molecule has 4 rings (SSSR count). The van der Waals surface area contributed by atoms with Gasteiger partial charge in [-0.2, -0.15) is 5.10 Å². The van der Waals surface area contributed by atoms with E-state index in [1.165, 1.54) is 11.1 Å². The fourth-order valence-corrected chi connectivity index (χ4v) is 3.48. The highest BCUT2D eigenvalue weighted by Gasteiger charge is 2.18. The van der Waals surface area contributed by atoms with Gasteiger partial charge >= 0.3 is 0 Å². The highest BCUT2D eigenvalue weighted by atomic mass is 35.5. The van der Waals surface area contributed by atoms with Gasteiger partial charge < -0.3 is 4.90 Å². The van der Waals surface area contributed by atoms with Crippen molar-refractivity contribution in [3.05, 3.63) is 65.7 Å². The third kappa shape index (κ3) is 4.28. The average Bonchev–Trinajstić information content (AvgIpc) is 3.16. The smallest absolute Gasteiger partial charge is 0.157 e. The number of pyridine rings is 1. The number of halogens is 1. The Morgan fingerprint density at radius 1 is 0.926 bits per heavy atom. The van der Waals surface area contributed by atoms with Gasteiger partial charge in [-0.05, 0) is 30.2 Å². The van der Waals surface area contributed by atoms with Crippen molar-refractivity contribution in [1.82, 2.24) is 24.6 Å². The molecular formula is C20H23ClN6. The van der Waals surface area contributed by atoms with E-state index < -0.39 is 0 Å². The van der Waals surface area contributed by atoms with Gasteiger partial charge in [0.05, 0.1) is 0 Å². The number of anilines is 1. The van der Waals surface area contributed by atoms with E-state index in [0.717, 1.165) is 50.2 Å². The summed E-state index contributed by atoms with van der Waals surface area (Å²) < 4.78 is 1.72. The number of nitrogens with zero attached hydrogens (tertiary/aromatic N) is 6. The minimum absolute atomic E-state index is 0.569. The fourth-order valence-electron chi connectivity index (χ4n) is 3.30. The Hall–Kier alpha value is -2.44. The number of hydrogen-bond acceptors (Lipinski definition) is 5. The third-order valence-electron chi connectivity index (χ3n) is 4.84. The Kier molecular flexibility index (Phi) is 5.36. The zero-order valence-electron chi connectivity index (χ0n) is 15.4. The molecule has 0 N–H and O–H groups in total. The number of rotatable bonds is 5. The lowest BCUT2D eigenvalue weighted by molar-refractivity contribution is 0.249. The van der Waals surface area contributed by atoms with Crippen LogP contribution in [-0.4, -0.2) is 50.8 Å². The van der Waals surface area contributed by atoms with E-state index in [2.05, 4.69) is 50.2 Å². The topological polar surface area (TPSA) is 50.1 Å². The second-order valence-corrected chi connectivity index (χ2v) is 7.07. The molecule has 1 aliphatic rings. The standard InChI is InChI=1S/C20H23ClN6/c1-16-22-15-27(24-16)20-4-2-3-19(23-20)26-11-9-25(10-12-26)14-18-7-5-17(13-21)6-8-18/h2-8,15H,9-14H2,1H3. The van der Waals surface area contributed by atoms with E-state index in [4.69, 9.17) is 16.6 Å². The summed E-state index contributed by atoms with van der Waals surface area (Å²) in [5, 5.41) is 4.35. The van der Waals surface area contributed by atoms with Gasteiger partial charge in [0.25, 0.3) is 0 Å². The van der Waals surface area contributed by atoms with Crippen LogP contribution in [0.25, 0.3) is 5.82 Å². The largest absolute Gasteiger partial charge is 0.354 e. The summed E-state index contributed by atoms with van der Waals surface area (Å²) in [5.41, 5.74) is 2.50. The lowest BCUT2D eigenvalue weighted by atomic mass is 10.1. The molecule has 0 radical (unpaired) electrons. The van der Waals surface area contributed by atoms with Crippen molar-refractivity contribution in [3.63, 3.8) is 0 Å². The quantitative estimate of drug-likeness (QED) is 0.635. The van der Waals surface area contributed by atoms with Gasteiger partial charge in [0.1, 0.15) is 18.0 Å². The van der Waals surface area contributed by atoms with E-state index in [1.807, 2.05) is 19.1 Å². The number of hydrogen-bond donors (Lipinski definition) is 0. The maximum atomic E-state index is 5.87. The molecule has 1 aromatic carbocycles. The van der Waals surface area contributed by atoms with Crippen LogP contribution in [0.15, 0.2) is 48.8 Å². The summed E-state index contributed by atoms with van der Waals surface area (Å²) in [6, 6.07) is 14.6. The van der Waals surface area contributed by atoms with Crippen molar-refractivity contribution in [2.45, 2.75) is 19.3 Å². The number of aromatic nitrogens is 4. The monoisotopic (exact) mass is 382 g/mol. The van der Waals surface area contributed by atoms with Crippen molar-refractivity contribution in [1.29, 1.82) is 0 Å². The van der Waals surface area contributed by atoms with Crippen LogP contribution in [-0.2, 0) is 12.4 Å². The Labute approximate surface area is 164 Å². The van der Waals surface area contributed by atoms with Crippen molar-refractivity contribution in [2.75, 3.05) is 31.1 Å². The predicted octanol–water partition coefficient (Wildman–Crippen LogP) is 3.03. The van der Waals surface area contributed by atoms with Crippen LogP contribution < -0.4 is 4.90 Å².